The molecule has 20 heavy (non-hydrogen) atoms. The van der Waals surface area contributed by atoms with Crippen LogP contribution in [0.15, 0.2) is 0 Å². The molecule has 1 heterocycles. The van der Waals surface area contributed by atoms with E-state index in [1.807, 2.05) is 11.8 Å². The van der Waals surface area contributed by atoms with Crippen molar-refractivity contribution in [3.05, 3.63) is 11.4 Å². The Balaban J connectivity index is 3.09. The highest BCUT2D eigenvalue weighted by atomic mass is 16.5. The summed E-state index contributed by atoms with van der Waals surface area (Å²) in [5.74, 6) is -0.0728. The van der Waals surface area contributed by atoms with E-state index in [2.05, 4.69) is 18.9 Å². The van der Waals surface area contributed by atoms with Crippen LogP contribution in [0.1, 0.15) is 42.9 Å². The van der Waals surface area contributed by atoms with Gasteiger partial charge in [0.25, 0.3) is 5.91 Å². The van der Waals surface area contributed by atoms with Gasteiger partial charge in [-0.3, -0.25) is 9.48 Å². The topological polar surface area (TPSA) is 73.4 Å². The first-order valence-electron chi connectivity index (χ1n) is 7.06. The van der Waals surface area contributed by atoms with Crippen molar-refractivity contribution in [1.29, 1.82) is 0 Å². The molecule has 0 aliphatic rings. The molecule has 0 bridgehead atoms. The number of methoxy groups -OCH3 is 1. The van der Waals surface area contributed by atoms with Crippen LogP contribution >= 0.6 is 0 Å². The summed E-state index contributed by atoms with van der Waals surface area (Å²) in [4.78, 5) is 14.6. The zero-order valence-electron chi connectivity index (χ0n) is 13.1. The van der Waals surface area contributed by atoms with Gasteiger partial charge in [-0.05, 0) is 19.8 Å². The molecule has 1 rings (SSSR count). The molecular formula is C14H26N4O2. The highest BCUT2D eigenvalue weighted by Gasteiger charge is 2.27. The van der Waals surface area contributed by atoms with Crippen molar-refractivity contribution in [2.45, 2.75) is 39.7 Å². The van der Waals surface area contributed by atoms with Gasteiger partial charge in [0.1, 0.15) is 5.69 Å². The molecule has 0 aliphatic carbocycles. The molecular weight excluding hydrogens is 256 g/mol. The van der Waals surface area contributed by atoms with Gasteiger partial charge >= 0.3 is 0 Å². The van der Waals surface area contributed by atoms with Gasteiger partial charge in [-0.25, -0.2) is 0 Å². The zero-order chi connectivity index (χ0) is 15.3. The van der Waals surface area contributed by atoms with E-state index in [-0.39, 0.29) is 11.9 Å². The molecule has 6 heteroatoms. The van der Waals surface area contributed by atoms with Crippen molar-refractivity contribution in [3.8, 4) is 0 Å². The quantitative estimate of drug-likeness (QED) is 0.824. The van der Waals surface area contributed by atoms with Crippen LogP contribution in [0, 0.1) is 6.92 Å². The number of nitrogens with zero attached hydrogens (tertiary/aromatic N) is 3. The lowest BCUT2D eigenvalue weighted by molar-refractivity contribution is 0.0580. The smallest absolute Gasteiger partial charge is 0.274 e. The third-order valence-corrected chi connectivity index (χ3v) is 3.65. The SMILES string of the molecule is CCC(CC)N(CCOC)C(=O)c1c(N)c(C)nn1C. The minimum Gasteiger partial charge on any atom is -0.395 e. The van der Waals surface area contributed by atoms with Gasteiger partial charge in [0, 0.05) is 26.7 Å². The summed E-state index contributed by atoms with van der Waals surface area (Å²) in [6, 6.07) is 0.187. The normalized spacial score (nSPS) is 11.1. The molecule has 0 fully saturated rings. The molecule has 0 atom stereocenters. The fourth-order valence-electron chi connectivity index (χ4n) is 2.43. The maximum absolute atomic E-state index is 12.8. The molecule has 0 saturated carbocycles. The molecule has 2 N–H and O–H groups in total. The Hall–Kier alpha value is -1.56. The number of rotatable bonds is 7. The highest BCUT2D eigenvalue weighted by Crippen LogP contribution is 2.20. The fourth-order valence-corrected chi connectivity index (χ4v) is 2.43. The Morgan fingerprint density at radius 3 is 2.45 bits per heavy atom. The van der Waals surface area contributed by atoms with Crippen molar-refractivity contribution in [1.82, 2.24) is 14.7 Å². The van der Waals surface area contributed by atoms with Gasteiger partial charge in [-0.1, -0.05) is 13.8 Å². The van der Waals surface area contributed by atoms with Gasteiger partial charge < -0.3 is 15.4 Å². The lowest BCUT2D eigenvalue weighted by Gasteiger charge is -2.30. The minimum absolute atomic E-state index is 0.0728. The van der Waals surface area contributed by atoms with Crippen LogP contribution in [0.4, 0.5) is 5.69 Å². The van der Waals surface area contributed by atoms with Crippen molar-refractivity contribution < 1.29 is 9.53 Å². The van der Waals surface area contributed by atoms with E-state index in [1.165, 1.54) is 0 Å². The average Bonchev–Trinajstić information content (AvgIpc) is 2.67. The van der Waals surface area contributed by atoms with E-state index in [0.29, 0.717) is 30.2 Å². The minimum atomic E-state index is -0.0728. The standard InChI is InChI=1S/C14H26N4O2/c1-6-11(7-2)18(8-9-20-5)14(19)13-12(15)10(3)16-17(13)4/h11H,6-9,15H2,1-5H3. The van der Waals surface area contributed by atoms with E-state index in [9.17, 15) is 4.79 Å². The van der Waals surface area contributed by atoms with Crippen molar-refractivity contribution >= 4 is 11.6 Å². The van der Waals surface area contributed by atoms with Crippen LogP contribution in [0.3, 0.4) is 0 Å². The maximum Gasteiger partial charge on any atom is 0.274 e. The van der Waals surface area contributed by atoms with Crippen molar-refractivity contribution in [2.75, 3.05) is 26.0 Å². The summed E-state index contributed by atoms with van der Waals surface area (Å²) in [5, 5.41) is 4.22. The largest absolute Gasteiger partial charge is 0.395 e. The number of hydrogen-bond acceptors (Lipinski definition) is 4. The van der Waals surface area contributed by atoms with Gasteiger partial charge in [-0.2, -0.15) is 5.10 Å². The van der Waals surface area contributed by atoms with Crippen LogP contribution in [0.25, 0.3) is 0 Å². The number of carbonyl (C=O) groups is 1. The number of nitrogens with two attached hydrogens (primary N) is 1. The Morgan fingerprint density at radius 2 is 2.05 bits per heavy atom. The lowest BCUT2D eigenvalue weighted by Crippen LogP contribution is -2.42. The first kappa shape index (κ1) is 16.5. The number of carbonyl (C=O) groups excluding carboxylic acids is 1. The summed E-state index contributed by atoms with van der Waals surface area (Å²) in [7, 11) is 3.39. The van der Waals surface area contributed by atoms with E-state index in [1.54, 1.807) is 18.8 Å². The summed E-state index contributed by atoms with van der Waals surface area (Å²) in [6.45, 7) is 7.05. The van der Waals surface area contributed by atoms with Crippen molar-refractivity contribution in [3.63, 3.8) is 0 Å². The summed E-state index contributed by atoms with van der Waals surface area (Å²) in [5.41, 5.74) is 7.61. The number of anilines is 1. The molecule has 0 unspecified atom stereocenters. The number of amides is 1. The van der Waals surface area contributed by atoms with Crippen LogP contribution in [0.5, 0.6) is 0 Å². The first-order valence-corrected chi connectivity index (χ1v) is 7.06. The second-order valence-corrected chi connectivity index (χ2v) is 4.93. The predicted octanol–water partition coefficient (Wildman–Crippen LogP) is 1.59. The summed E-state index contributed by atoms with van der Waals surface area (Å²) < 4.78 is 6.68. The molecule has 0 aromatic carbocycles. The number of aromatic nitrogens is 2. The molecule has 1 aromatic rings. The number of aryl methyl sites for hydroxylation is 2. The molecule has 6 nitrogen and oxygen atoms in total. The first-order chi connectivity index (χ1) is 9.47. The zero-order valence-corrected chi connectivity index (χ0v) is 13.1. The van der Waals surface area contributed by atoms with Crippen LogP contribution in [-0.2, 0) is 11.8 Å². The average molecular weight is 282 g/mol. The fraction of sp³-hybridized carbons (Fsp3) is 0.714. The van der Waals surface area contributed by atoms with Gasteiger partial charge in [0.2, 0.25) is 0 Å². The molecule has 0 spiro atoms. The third-order valence-electron chi connectivity index (χ3n) is 3.65. The second kappa shape index (κ2) is 7.28. The number of hydrogen-bond donors (Lipinski definition) is 1. The Kier molecular flexibility index (Phi) is 6.01. The summed E-state index contributed by atoms with van der Waals surface area (Å²) in [6.07, 6.45) is 1.81. The Bertz CT molecular complexity index is 452. The molecule has 1 aromatic heterocycles. The Labute approximate surface area is 120 Å². The van der Waals surface area contributed by atoms with Gasteiger partial charge in [0.15, 0.2) is 0 Å². The maximum atomic E-state index is 12.8. The highest BCUT2D eigenvalue weighted by molar-refractivity contribution is 5.98. The summed E-state index contributed by atoms with van der Waals surface area (Å²) >= 11 is 0. The van der Waals surface area contributed by atoms with Gasteiger partial charge in [-0.15, -0.1) is 0 Å². The Morgan fingerprint density at radius 1 is 1.45 bits per heavy atom. The molecule has 114 valence electrons. The number of nitrogen functional groups attached to an aromatic ring is 1. The van der Waals surface area contributed by atoms with E-state index >= 15 is 0 Å². The number of ether oxygens (including phenoxy) is 1. The molecule has 0 aliphatic heterocycles. The molecule has 0 saturated heterocycles. The van der Waals surface area contributed by atoms with E-state index in [0.717, 1.165) is 12.8 Å². The van der Waals surface area contributed by atoms with Crippen LogP contribution < -0.4 is 5.73 Å². The predicted molar refractivity (Wildman–Crippen MR) is 79.6 cm³/mol. The van der Waals surface area contributed by atoms with Crippen LogP contribution in [-0.4, -0.2) is 46.9 Å². The van der Waals surface area contributed by atoms with E-state index in [4.69, 9.17) is 10.5 Å². The molecule has 1 amide bonds. The third kappa shape index (κ3) is 3.30. The molecule has 0 radical (unpaired) electrons. The van der Waals surface area contributed by atoms with E-state index < -0.39 is 0 Å². The monoisotopic (exact) mass is 282 g/mol. The second-order valence-electron chi connectivity index (χ2n) is 4.93. The van der Waals surface area contributed by atoms with Crippen LogP contribution in [0.2, 0.25) is 0 Å². The van der Waals surface area contributed by atoms with Crippen molar-refractivity contribution in [2.24, 2.45) is 7.05 Å². The lowest BCUT2D eigenvalue weighted by atomic mass is 10.1. The van der Waals surface area contributed by atoms with Gasteiger partial charge in [0.05, 0.1) is 18.0 Å².